The van der Waals surface area contributed by atoms with Crippen molar-refractivity contribution in [2.75, 3.05) is 45.9 Å². The van der Waals surface area contributed by atoms with Gasteiger partial charge in [0.25, 0.3) is 5.91 Å². The number of nitrogens with one attached hydrogen (secondary N) is 1. The van der Waals surface area contributed by atoms with Gasteiger partial charge in [-0.2, -0.15) is 0 Å². The van der Waals surface area contributed by atoms with Crippen LogP contribution in [0.4, 0.5) is 0 Å². The minimum absolute atomic E-state index is 0. The Labute approximate surface area is 155 Å². The molecule has 2 unspecified atom stereocenters. The average molecular weight is 380 g/mol. The largest absolute Gasteiger partial charge is 0.366 e. The first-order chi connectivity index (χ1) is 10.7. The SMILES string of the molecule is CCN1CCOC(C(=O)N2CCNCC2c2nccn2C)C1.Cl.Cl. The molecule has 2 saturated heterocycles. The predicted molar refractivity (Wildman–Crippen MR) is 96.9 cm³/mol. The highest BCUT2D eigenvalue weighted by molar-refractivity contribution is 5.85. The van der Waals surface area contributed by atoms with Crippen molar-refractivity contribution in [2.45, 2.75) is 19.1 Å². The molecule has 0 saturated carbocycles. The van der Waals surface area contributed by atoms with Gasteiger partial charge in [-0.3, -0.25) is 9.69 Å². The molecule has 0 aromatic carbocycles. The van der Waals surface area contributed by atoms with E-state index in [-0.39, 0.29) is 42.9 Å². The van der Waals surface area contributed by atoms with E-state index in [1.54, 1.807) is 6.20 Å². The fraction of sp³-hybridized carbons (Fsp3) is 0.733. The molecular weight excluding hydrogens is 353 g/mol. The number of carbonyl (C=O) groups excluding carboxylic acids is 1. The number of likely N-dealkylation sites (N-methyl/N-ethyl adjacent to an activating group) is 1. The molecule has 2 aliphatic heterocycles. The average Bonchev–Trinajstić information content (AvgIpc) is 3.00. The smallest absolute Gasteiger partial charge is 0.253 e. The monoisotopic (exact) mass is 379 g/mol. The van der Waals surface area contributed by atoms with E-state index in [0.717, 1.165) is 32.0 Å². The van der Waals surface area contributed by atoms with Crippen LogP contribution in [0.5, 0.6) is 0 Å². The van der Waals surface area contributed by atoms with E-state index in [1.165, 1.54) is 0 Å². The third-order valence-electron chi connectivity index (χ3n) is 4.56. The second kappa shape index (κ2) is 9.58. The molecule has 3 heterocycles. The maximum atomic E-state index is 12.9. The molecule has 2 atom stereocenters. The molecule has 24 heavy (non-hydrogen) atoms. The summed E-state index contributed by atoms with van der Waals surface area (Å²) in [5, 5.41) is 3.36. The molecule has 2 fully saturated rings. The first kappa shape index (κ1) is 21.2. The summed E-state index contributed by atoms with van der Waals surface area (Å²) in [7, 11) is 1.97. The summed E-state index contributed by atoms with van der Waals surface area (Å²) in [6.45, 7) is 7.55. The van der Waals surface area contributed by atoms with Crippen LogP contribution in [0.1, 0.15) is 18.8 Å². The second-order valence-corrected chi connectivity index (χ2v) is 5.90. The predicted octanol–water partition coefficient (Wildman–Crippen LogP) is 0.457. The number of rotatable bonds is 3. The zero-order valence-corrected chi connectivity index (χ0v) is 15.8. The summed E-state index contributed by atoms with van der Waals surface area (Å²) in [5.41, 5.74) is 0. The van der Waals surface area contributed by atoms with E-state index in [9.17, 15) is 4.79 Å². The van der Waals surface area contributed by atoms with Crippen LogP contribution in [0.15, 0.2) is 12.4 Å². The first-order valence-corrected chi connectivity index (χ1v) is 8.03. The lowest BCUT2D eigenvalue weighted by molar-refractivity contribution is -0.153. The van der Waals surface area contributed by atoms with Gasteiger partial charge in [-0.1, -0.05) is 6.92 Å². The van der Waals surface area contributed by atoms with Crippen LogP contribution in [0, 0.1) is 0 Å². The molecule has 9 heteroatoms. The molecular formula is C15H27Cl2N5O2. The van der Waals surface area contributed by atoms with E-state index in [0.29, 0.717) is 19.7 Å². The summed E-state index contributed by atoms with van der Waals surface area (Å²) in [6, 6.07) is -0.0261. The van der Waals surface area contributed by atoms with Crippen molar-refractivity contribution < 1.29 is 9.53 Å². The van der Waals surface area contributed by atoms with Gasteiger partial charge in [0.15, 0.2) is 0 Å². The molecule has 0 aliphatic carbocycles. The lowest BCUT2D eigenvalue weighted by atomic mass is 10.1. The zero-order chi connectivity index (χ0) is 15.5. The minimum atomic E-state index is -0.352. The fourth-order valence-corrected chi connectivity index (χ4v) is 3.22. The topological polar surface area (TPSA) is 62.6 Å². The van der Waals surface area contributed by atoms with Crippen molar-refractivity contribution in [3.8, 4) is 0 Å². The van der Waals surface area contributed by atoms with Crippen molar-refractivity contribution in [2.24, 2.45) is 7.05 Å². The van der Waals surface area contributed by atoms with Crippen molar-refractivity contribution in [1.29, 1.82) is 0 Å². The standard InChI is InChI=1S/C15H25N5O2.2ClH/c1-3-19-8-9-22-13(11-19)15(21)20-7-4-16-10-12(20)14-17-5-6-18(14)2;;/h5-6,12-13,16H,3-4,7-11H2,1-2H3;2*1H. The Morgan fingerprint density at radius 1 is 1.42 bits per heavy atom. The highest BCUT2D eigenvalue weighted by atomic mass is 35.5. The number of piperazine rings is 1. The Kier molecular flexibility index (Phi) is 8.45. The first-order valence-electron chi connectivity index (χ1n) is 8.03. The molecule has 7 nitrogen and oxygen atoms in total. The Bertz CT molecular complexity index is 528. The van der Waals surface area contributed by atoms with Gasteiger partial charge in [0.1, 0.15) is 18.0 Å². The number of morpholine rings is 1. The summed E-state index contributed by atoms with van der Waals surface area (Å²) in [6.07, 6.45) is 3.35. The van der Waals surface area contributed by atoms with Gasteiger partial charge in [-0.15, -0.1) is 24.8 Å². The van der Waals surface area contributed by atoms with Crippen LogP contribution in [0.2, 0.25) is 0 Å². The summed E-state index contributed by atoms with van der Waals surface area (Å²) in [4.78, 5) is 21.6. The maximum absolute atomic E-state index is 12.9. The van der Waals surface area contributed by atoms with Crippen molar-refractivity contribution in [3.05, 3.63) is 18.2 Å². The van der Waals surface area contributed by atoms with Crippen molar-refractivity contribution in [1.82, 2.24) is 24.7 Å². The van der Waals surface area contributed by atoms with Crippen LogP contribution in [0.25, 0.3) is 0 Å². The van der Waals surface area contributed by atoms with Gasteiger partial charge in [-0.25, -0.2) is 4.98 Å². The lowest BCUT2D eigenvalue weighted by Gasteiger charge is -2.40. The third-order valence-corrected chi connectivity index (χ3v) is 4.56. The molecule has 3 rings (SSSR count). The van der Waals surface area contributed by atoms with Gasteiger partial charge in [-0.05, 0) is 6.54 Å². The molecule has 0 radical (unpaired) electrons. The fourth-order valence-electron chi connectivity index (χ4n) is 3.22. The molecule has 1 amide bonds. The van der Waals surface area contributed by atoms with E-state index in [4.69, 9.17) is 4.74 Å². The number of aromatic nitrogens is 2. The van der Waals surface area contributed by atoms with E-state index in [2.05, 4.69) is 22.1 Å². The van der Waals surface area contributed by atoms with Crippen molar-refractivity contribution in [3.63, 3.8) is 0 Å². The van der Waals surface area contributed by atoms with Gasteiger partial charge in [0.2, 0.25) is 0 Å². The Morgan fingerprint density at radius 3 is 2.88 bits per heavy atom. The van der Waals surface area contributed by atoms with Gasteiger partial charge in [0, 0.05) is 52.2 Å². The number of amides is 1. The molecule has 2 aliphatic rings. The number of ether oxygens (including phenoxy) is 1. The maximum Gasteiger partial charge on any atom is 0.253 e. The zero-order valence-electron chi connectivity index (χ0n) is 14.2. The van der Waals surface area contributed by atoms with Crippen LogP contribution < -0.4 is 5.32 Å². The Balaban J connectivity index is 0.00000144. The highest BCUT2D eigenvalue weighted by Crippen LogP contribution is 2.22. The molecule has 138 valence electrons. The molecule has 0 spiro atoms. The van der Waals surface area contributed by atoms with Crippen LogP contribution in [0.3, 0.4) is 0 Å². The molecule has 1 N–H and O–H groups in total. The minimum Gasteiger partial charge on any atom is -0.366 e. The van der Waals surface area contributed by atoms with E-state index >= 15 is 0 Å². The number of halogens is 2. The van der Waals surface area contributed by atoms with Crippen LogP contribution in [-0.4, -0.2) is 77.2 Å². The number of carbonyl (C=O) groups is 1. The molecule has 1 aromatic rings. The van der Waals surface area contributed by atoms with Crippen LogP contribution in [-0.2, 0) is 16.6 Å². The van der Waals surface area contributed by atoms with Gasteiger partial charge in [0.05, 0.1) is 6.61 Å². The second-order valence-electron chi connectivity index (χ2n) is 5.90. The number of aryl methyl sites for hydroxylation is 1. The highest BCUT2D eigenvalue weighted by Gasteiger charge is 2.36. The summed E-state index contributed by atoms with van der Waals surface area (Å²) >= 11 is 0. The molecule has 1 aromatic heterocycles. The lowest BCUT2D eigenvalue weighted by Crippen LogP contribution is -2.56. The third kappa shape index (κ3) is 4.40. The number of imidazole rings is 1. The van der Waals surface area contributed by atoms with Gasteiger partial charge < -0.3 is 19.5 Å². The number of hydrogen-bond acceptors (Lipinski definition) is 5. The van der Waals surface area contributed by atoms with E-state index in [1.807, 2.05) is 22.7 Å². The molecule has 0 bridgehead atoms. The normalized spacial score (nSPS) is 24.8. The van der Waals surface area contributed by atoms with Crippen LogP contribution >= 0.6 is 24.8 Å². The number of hydrogen-bond donors (Lipinski definition) is 1. The summed E-state index contributed by atoms with van der Waals surface area (Å²) in [5.74, 6) is 1.01. The quantitative estimate of drug-likeness (QED) is 0.826. The Hall–Kier alpha value is -0.860. The van der Waals surface area contributed by atoms with Crippen molar-refractivity contribution >= 4 is 30.7 Å². The Morgan fingerprint density at radius 2 is 2.21 bits per heavy atom. The van der Waals surface area contributed by atoms with Gasteiger partial charge >= 0.3 is 0 Å². The van der Waals surface area contributed by atoms with E-state index < -0.39 is 0 Å². The number of nitrogens with zero attached hydrogens (tertiary/aromatic N) is 4. The summed E-state index contributed by atoms with van der Waals surface area (Å²) < 4.78 is 7.72.